The van der Waals surface area contributed by atoms with Gasteiger partial charge in [-0.25, -0.2) is 13.4 Å². The second kappa shape index (κ2) is 7.61. The number of piperidine rings is 1. The summed E-state index contributed by atoms with van der Waals surface area (Å²) in [5, 5.41) is 0. The third-order valence-corrected chi connectivity index (χ3v) is 5.99. The van der Waals surface area contributed by atoms with Gasteiger partial charge in [-0.05, 0) is 49.6 Å². The molecule has 8 heteroatoms. The fourth-order valence-corrected chi connectivity index (χ4v) is 4.58. The van der Waals surface area contributed by atoms with E-state index in [1.165, 1.54) is 32.4 Å². The SMILES string of the molecule is COc1ccc(Br)cc1S(=O)(=O)Nc1ccc(N2CCCCC2)nc1. The first-order valence-electron chi connectivity index (χ1n) is 8.07. The van der Waals surface area contributed by atoms with Gasteiger partial charge < -0.3 is 9.64 Å². The predicted molar refractivity (Wildman–Crippen MR) is 102 cm³/mol. The van der Waals surface area contributed by atoms with Crippen molar-refractivity contribution in [3.63, 3.8) is 0 Å². The largest absolute Gasteiger partial charge is 0.495 e. The van der Waals surface area contributed by atoms with Gasteiger partial charge in [0.05, 0.1) is 19.0 Å². The number of rotatable bonds is 5. The average Bonchev–Trinajstić information content (AvgIpc) is 2.63. The lowest BCUT2D eigenvalue weighted by molar-refractivity contribution is 0.403. The van der Waals surface area contributed by atoms with Gasteiger partial charge in [0, 0.05) is 17.6 Å². The molecule has 0 radical (unpaired) electrons. The van der Waals surface area contributed by atoms with E-state index in [0.29, 0.717) is 10.2 Å². The molecule has 2 heterocycles. The van der Waals surface area contributed by atoms with Crippen molar-refractivity contribution >= 4 is 37.5 Å². The normalized spacial score (nSPS) is 15.0. The fraction of sp³-hybridized carbons (Fsp3) is 0.353. The summed E-state index contributed by atoms with van der Waals surface area (Å²) in [6.07, 6.45) is 5.13. The van der Waals surface area contributed by atoms with Crippen molar-refractivity contribution in [3.05, 3.63) is 41.0 Å². The van der Waals surface area contributed by atoms with Crippen LogP contribution in [0.1, 0.15) is 19.3 Å². The molecule has 25 heavy (non-hydrogen) atoms. The zero-order valence-corrected chi connectivity index (χ0v) is 16.3. The fourth-order valence-electron chi connectivity index (χ4n) is 2.83. The summed E-state index contributed by atoms with van der Waals surface area (Å²) in [7, 11) is -2.33. The van der Waals surface area contributed by atoms with E-state index in [1.54, 1.807) is 24.4 Å². The molecule has 0 aliphatic carbocycles. The van der Waals surface area contributed by atoms with E-state index >= 15 is 0 Å². The monoisotopic (exact) mass is 425 g/mol. The number of anilines is 2. The molecule has 1 aromatic carbocycles. The lowest BCUT2D eigenvalue weighted by Gasteiger charge is -2.27. The lowest BCUT2D eigenvalue weighted by Crippen LogP contribution is -2.30. The molecule has 3 rings (SSSR count). The third-order valence-electron chi connectivity index (χ3n) is 4.10. The quantitative estimate of drug-likeness (QED) is 0.791. The highest BCUT2D eigenvalue weighted by Gasteiger charge is 2.20. The zero-order chi connectivity index (χ0) is 17.9. The Bertz CT molecular complexity index is 835. The number of aromatic nitrogens is 1. The van der Waals surface area contributed by atoms with Gasteiger partial charge in [0.2, 0.25) is 0 Å². The van der Waals surface area contributed by atoms with Crippen molar-refractivity contribution in [1.82, 2.24) is 4.98 Å². The van der Waals surface area contributed by atoms with Crippen molar-refractivity contribution in [1.29, 1.82) is 0 Å². The van der Waals surface area contributed by atoms with E-state index in [-0.39, 0.29) is 10.6 Å². The molecule has 1 aliphatic heterocycles. The number of halogens is 1. The molecule has 1 fully saturated rings. The van der Waals surface area contributed by atoms with Crippen LogP contribution in [0.25, 0.3) is 0 Å². The maximum Gasteiger partial charge on any atom is 0.265 e. The van der Waals surface area contributed by atoms with Gasteiger partial charge in [-0.2, -0.15) is 0 Å². The van der Waals surface area contributed by atoms with Crippen LogP contribution < -0.4 is 14.4 Å². The molecule has 0 atom stereocenters. The maximum atomic E-state index is 12.7. The summed E-state index contributed by atoms with van der Waals surface area (Å²) < 4.78 is 33.7. The van der Waals surface area contributed by atoms with Crippen molar-refractivity contribution in [2.24, 2.45) is 0 Å². The molecule has 1 N–H and O–H groups in total. The number of pyridine rings is 1. The molecule has 1 saturated heterocycles. The Morgan fingerprint density at radius 3 is 2.56 bits per heavy atom. The first-order chi connectivity index (χ1) is 12.0. The second-order valence-corrected chi connectivity index (χ2v) is 8.42. The third kappa shape index (κ3) is 4.24. The zero-order valence-electron chi connectivity index (χ0n) is 13.9. The highest BCUT2D eigenvalue weighted by molar-refractivity contribution is 9.10. The second-order valence-electron chi connectivity index (χ2n) is 5.85. The highest BCUT2D eigenvalue weighted by atomic mass is 79.9. The van der Waals surface area contributed by atoms with E-state index in [2.05, 4.69) is 30.5 Å². The molecule has 0 bridgehead atoms. The number of nitrogens with one attached hydrogen (secondary N) is 1. The number of nitrogens with zero attached hydrogens (tertiary/aromatic N) is 2. The number of hydrogen-bond acceptors (Lipinski definition) is 5. The average molecular weight is 426 g/mol. The Morgan fingerprint density at radius 2 is 1.92 bits per heavy atom. The maximum absolute atomic E-state index is 12.7. The molecule has 2 aromatic rings. The first kappa shape index (κ1) is 18.0. The summed E-state index contributed by atoms with van der Waals surface area (Å²) in [4.78, 5) is 6.69. The van der Waals surface area contributed by atoms with Crippen LogP contribution in [0.15, 0.2) is 45.9 Å². The number of methoxy groups -OCH3 is 1. The van der Waals surface area contributed by atoms with Crippen LogP contribution >= 0.6 is 15.9 Å². The molecule has 134 valence electrons. The minimum Gasteiger partial charge on any atom is -0.495 e. The van der Waals surface area contributed by atoms with Crippen LogP contribution in [0.2, 0.25) is 0 Å². The molecule has 0 amide bonds. The molecule has 0 saturated carbocycles. The number of ether oxygens (including phenoxy) is 1. The molecule has 0 unspecified atom stereocenters. The van der Waals surface area contributed by atoms with E-state index in [4.69, 9.17) is 4.74 Å². The number of sulfonamides is 1. The van der Waals surface area contributed by atoms with Gasteiger partial charge in [-0.1, -0.05) is 15.9 Å². The van der Waals surface area contributed by atoms with E-state index in [0.717, 1.165) is 18.9 Å². The van der Waals surface area contributed by atoms with E-state index < -0.39 is 10.0 Å². The summed E-state index contributed by atoms with van der Waals surface area (Å²) in [5.41, 5.74) is 0.419. The summed E-state index contributed by atoms with van der Waals surface area (Å²) >= 11 is 3.29. The topological polar surface area (TPSA) is 71.5 Å². The van der Waals surface area contributed by atoms with E-state index in [9.17, 15) is 8.42 Å². The van der Waals surface area contributed by atoms with Crippen LogP contribution in [0.5, 0.6) is 5.75 Å². The summed E-state index contributed by atoms with van der Waals surface area (Å²) in [6, 6.07) is 8.43. The Hall–Kier alpha value is -1.80. The van der Waals surface area contributed by atoms with Gasteiger partial charge in [-0.3, -0.25) is 4.72 Å². The summed E-state index contributed by atoms with van der Waals surface area (Å²) in [5.74, 6) is 1.16. The Morgan fingerprint density at radius 1 is 1.16 bits per heavy atom. The van der Waals surface area contributed by atoms with Gasteiger partial charge in [0.15, 0.2) is 0 Å². The highest BCUT2D eigenvalue weighted by Crippen LogP contribution is 2.29. The van der Waals surface area contributed by atoms with Crippen molar-refractivity contribution in [2.45, 2.75) is 24.2 Å². The van der Waals surface area contributed by atoms with Crippen LogP contribution in [0.4, 0.5) is 11.5 Å². The molecular formula is C17H20BrN3O3S. The first-order valence-corrected chi connectivity index (χ1v) is 10.3. The minimum absolute atomic E-state index is 0.0736. The van der Waals surface area contributed by atoms with Crippen molar-refractivity contribution < 1.29 is 13.2 Å². The smallest absolute Gasteiger partial charge is 0.265 e. The Kier molecular flexibility index (Phi) is 5.48. The molecule has 6 nitrogen and oxygen atoms in total. The standard InChI is InChI=1S/C17H20BrN3O3S/c1-24-15-7-5-13(18)11-16(15)25(22,23)20-14-6-8-17(19-12-14)21-9-3-2-4-10-21/h5-8,11-12,20H,2-4,9-10H2,1H3. The number of hydrogen-bond donors (Lipinski definition) is 1. The molecule has 1 aliphatic rings. The van der Waals surface area contributed by atoms with Crippen LogP contribution in [-0.4, -0.2) is 33.6 Å². The van der Waals surface area contributed by atoms with Crippen LogP contribution in [0, 0.1) is 0 Å². The van der Waals surface area contributed by atoms with Gasteiger partial charge in [-0.15, -0.1) is 0 Å². The van der Waals surface area contributed by atoms with Crippen molar-refractivity contribution in [2.75, 3.05) is 29.8 Å². The summed E-state index contributed by atoms with van der Waals surface area (Å²) in [6.45, 7) is 1.99. The Labute approximate surface area is 156 Å². The molecule has 1 aromatic heterocycles. The Balaban J connectivity index is 1.80. The van der Waals surface area contributed by atoms with Gasteiger partial charge in [0.1, 0.15) is 16.5 Å². The number of benzene rings is 1. The van der Waals surface area contributed by atoms with Crippen LogP contribution in [-0.2, 0) is 10.0 Å². The minimum atomic E-state index is -3.77. The van der Waals surface area contributed by atoms with E-state index in [1.807, 2.05) is 6.07 Å². The molecular weight excluding hydrogens is 406 g/mol. The predicted octanol–water partition coefficient (Wildman–Crippen LogP) is 3.64. The van der Waals surface area contributed by atoms with Crippen LogP contribution in [0.3, 0.4) is 0 Å². The van der Waals surface area contributed by atoms with Crippen molar-refractivity contribution in [3.8, 4) is 5.75 Å². The van der Waals surface area contributed by atoms with Gasteiger partial charge >= 0.3 is 0 Å². The van der Waals surface area contributed by atoms with Gasteiger partial charge in [0.25, 0.3) is 10.0 Å². The molecule has 0 spiro atoms. The lowest BCUT2D eigenvalue weighted by atomic mass is 10.1.